The molecule has 2 aromatic rings. The van der Waals surface area contributed by atoms with E-state index >= 15 is 0 Å². The van der Waals surface area contributed by atoms with Gasteiger partial charge in [-0.2, -0.15) is 0 Å². The van der Waals surface area contributed by atoms with Crippen molar-refractivity contribution in [3.8, 4) is 5.75 Å². The molecule has 0 amide bonds. The number of hydrogen-bond acceptors (Lipinski definition) is 5. The van der Waals surface area contributed by atoms with E-state index in [4.69, 9.17) is 14.7 Å². The number of ether oxygens (including phenoxy) is 1. The van der Waals surface area contributed by atoms with E-state index in [0.717, 1.165) is 62.1 Å². The third kappa shape index (κ3) is 3.54. The Morgan fingerprint density at radius 2 is 2.04 bits per heavy atom. The van der Waals surface area contributed by atoms with Crippen LogP contribution in [-0.2, 0) is 13.0 Å². The normalized spacial score (nSPS) is 19.9. The molecule has 1 atom stereocenters. The average molecular weight is 352 g/mol. The molecule has 1 N–H and O–H groups in total. The first-order valence-electron chi connectivity index (χ1n) is 9.70. The first kappa shape index (κ1) is 17.3. The first-order valence-corrected chi connectivity index (χ1v) is 9.70. The monoisotopic (exact) mass is 352 g/mol. The zero-order valence-electron chi connectivity index (χ0n) is 15.8. The Morgan fingerprint density at radius 3 is 2.77 bits per heavy atom. The van der Waals surface area contributed by atoms with Gasteiger partial charge in [0.25, 0.3) is 0 Å². The molecular formula is C21H28N4O. The molecule has 0 radical (unpaired) electrons. The average Bonchev–Trinajstić information content (AvgIpc) is 2.70. The van der Waals surface area contributed by atoms with Crippen LogP contribution in [0.4, 0.5) is 5.82 Å². The van der Waals surface area contributed by atoms with E-state index in [1.165, 1.54) is 24.0 Å². The highest BCUT2D eigenvalue weighted by Crippen LogP contribution is 2.31. The van der Waals surface area contributed by atoms with Gasteiger partial charge in [0.2, 0.25) is 0 Å². The van der Waals surface area contributed by atoms with Gasteiger partial charge >= 0.3 is 0 Å². The molecule has 1 unspecified atom stereocenters. The molecule has 4 rings (SSSR count). The second-order valence-electron chi connectivity index (χ2n) is 7.39. The fourth-order valence-electron chi connectivity index (χ4n) is 4.07. The number of anilines is 1. The van der Waals surface area contributed by atoms with Gasteiger partial charge in [0, 0.05) is 36.8 Å². The first-order chi connectivity index (χ1) is 12.7. The van der Waals surface area contributed by atoms with Crippen molar-refractivity contribution in [2.24, 2.45) is 0 Å². The molecule has 1 saturated heterocycles. The highest BCUT2D eigenvalue weighted by Gasteiger charge is 2.25. The number of aryl methyl sites for hydroxylation is 1. The highest BCUT2D eigenvalue weighted by atomic mass is 16.5. The van der Waals surface area contributed by atoms with Gasteiger partial charge in [-0.1, -0.05) is 12.1 Å². The van der Waals surface area contributed by atoms with Gasteiger partial charge in [-0.3, -0.25) is 0 Å². The van der Waals surface area contributed by atoms with Crippen molar-refractivity contribution in [1.29, 1.82) is 0 Å². The van der Waals surface area contributed by atoms with Crippen LogP contribution in [0.15, 0.2) is 24.3 Å². The molecule has 138 valence electrons. The molecule has 1 aromatic carbocycles. The lowest BCUT2D eigenvalue weighted by atomic mass is 9.97. The number of methoxy groups -OCH3 is 1. The summed E-state index contributed by atoms with van der Waals surface area (Å²) in [7, 11) is 1.71. The van der Waals surface area contributed by atoms with E-state index < -0.39 is 0 Å². The quantitative estimate of drug-likeness (QED) is 0.916. The molecule has 0 aliphatic carbocycles. The van der Waals surface area contributed by atoms with Crippen LogP contribution in [0.2, 0.25) is 0 Å². The van der Waals surface area contributed by atoms with E-state index in [1.54, 1.807) is 7.11 Å². The molecule has 0 spiro atoms. The number of nitrogens with one attached hydrogen (secondary N) is 1. The second kappa shape index (κ2) is 7.62. The van der Waals surface area contributed by atoms with Crippen LogP contribution in [0.1, 0.15) is 47.8 Å². The highest BCUT2D eigenvalue weighted by molar-refractivity contribution is 5.52. The summed E-state index contributed by atoms with van der Waals surface area (Å²) in [5.74, 6) is 3.52. The summed E-state index contributed by atoms with van der Waals surface area (Å²) in [5, 5.41) is 3.49. The predicted octanol–water partition coefficient (Wildman–Crippen LogP) is 3.21. The van der Waals surface area contributed by atoms with Crippen LogP contribution in [-0.4, -0.2) is 36.7 Å². The number of fused-ring (bicyclic) bond motifs is 1. The van der Waals surface area contributed by atoms with E-state index in [0.29, 0.717) is 5.92 Å². The zero-order valence-corrected chi connectivity index (χ0v) is 15.8. The third-order valence-electron chi connectivity index (χ3n) is 5.56. The van der Waals surface area contributed by atoms with Crippen molar-refractivity contribution in [3.05, 3.63) is 46.9 Å². The summed E-state index contributed by atoms with van der Waals surface area (Å²) in [6, 6.07) is 8.36. The zero-order chi connectivity index (χ0) is 17.9. The fraction of sp³-hybridized carbons (Fsp3) is 0.524. The lowest BCUT2D eigenvalue weighted by Gasteiger charge is -2.32. The minimum atomic E-state index is 0.442. The van der Waals surface area contributed by atoms with Gasteiger partial charge in [-0.25, -0.2) is 9.97 Å². The van der Waals surface area contributed by atoms with E-state index in [2.05, 4.69) is 29.3 Å². The second-order valence-corrected chi connectivity index (χ2v) is 7.39. The van der Waals surface area contributed by atoms with Crippen LogP contribution in [0, 0.1) is 6.92 Å². The molecule has 2 aliphatic heterocycles. The lowest BCUT2D eigenvalue weighted by Crippen LogP contribution is -2.33. The topological polar surface area (TPSA) is 50.3 Å². The molecule has 5 nitrogen and oxygen atoms in total. The maximum absolute atomic E-state index is 5.27. The Hall–Kier alpha value is -2.14. The fourth-order valence-corrected chi connectivity index (χ4v) is 4.07. The number of piperidine rings is 1. The maximum Gasteiger partial charge on any atom is 0.136 e. The van der Waals surface area contributed by atoms with Crippen molar-refractivity contribution in [2.75, 3.05) is 31.6 Å². The lowest BCUT2D eigenvalue weighted by molar-refractivity contribution is 0.414. The predicted molar refractivity (Wildman–Crippen MR) is 104 cm³/mol. The summed E-state index contributed by atoms with van der Waals surface area (Å²) in [6.07, 6.45) is 4.64. The summed E-state index contributed by atoms with van der Waals surface area (Å²) >= 11 is 0. The molecule has 2 aliphatic rings. The molecule has 0 saturated carbocycles. The smallest absolute Gasteiger partial charge is 0.136 e. The van der Waals surface area contributed by atoms with Gasteiger partial charge in [0.05, 0.1) is 7.11 Å². The SMILES string of the molecule is COc1ccc(CN2CCCc3c(C)nc(C4CCCNC4)nc32)cc1. The summed E-state index contributed by atoms with van der Waals surface area (Å²) < 4.78 is 5.27. The molecular weight excluding hydrogens is 324 g/mol. The minimum Gasteiger partial charge on any atom is -0.497 e. The van der Waals surface area contributed by atoms with Crippen molar-refractivity contribution in [2.45, 2.75) is 45.1 Å². The van der Waals surface area contributed by atoms with Crippen LogP contribution in [0.3, 0.4) is 0 Å². The standard InChI is InChI=1S/C21H28N4O/c1-15-19-6-4-12-25(14-16-7-9-18(26-2)10-8-16)21(19)24-20(23-15)17-5-3-11-22-13-17/h7-10,17,22H,3-6,11-14H2,1-2H3. The van der Waals surface area contributed by atoms with Crippen molar-refractivity contribution in [3.63, 3.8) is 0 Å². The van der Waals surface area contributed by atoms with E-state index in [1.807, 2.05) is 12.1 Å². The van der Waals surface area contributed by atoms with Crippen LogP contribution >= 0.6 is 0 Å². The number of rotatable bonds is 4. The van der Waals surface area contributed by atoms with Crippen LogP contribution < -0.4 is 15.0 Å². The van der Waals surface area contributed by atoms with Gasteiger partial charge < -0.3 is 15.0 Å². The van der Waals surface area contributed by atoms with Crippen molar-refractivity contribution < 1.29 is 4.74 Å². The number of nitrogens with zero attached hydrogens (tertiary/aromatic N) is 3. The largest absolute Gasteiger partial charge is 0.497 e. The Bertz CT molecular complexity index is 753. The van der Waals surface area contributed by atoms with Gasteiger partial charge in [-0.15, -0.1) is 0 Å². The minimum absolute atomic E-state index is 0.442. The van der Waals surface area contributed by atoms with E-state index in [9.17, 15) is 0 Å². The Balaban J connectivity index is 1.61. The Kier molecular flexibility index (Phi) is 5.07. The molecule has 1 fully saturated rings. The number of hydrogen-bond donors (Lipinski definition) is 1. The van der Waals surface area contributed by atoms with Crippen LogP contribution in [0.5, 0.6) is 5.75 Å². The molecule has 5 heteroatoms. The number of benzene rings is 1. The summed E-state index contributed by atoms with van der Waals surface area (Å²) in [6.45, 7) is 6.20. The van der Waals surface area contributed by atoms with Gasteiger partial charge in [0.15, 0.2) is 0 Å². The Morgan fingerprint density at radius 1 is 1.19 bits per heavy atom. The van der Waals surface area contributed by atoms with Crippen molar-refractivity contribution >= 4 is 5.82 Å². The molecule has 1 aromatic heterocycles. The third-order valence-corrected chi connectivity index (χ3v) is 5.56. The van der Waals surface area contributed by atoms with Crippen molar-refractivity contribution in [1.82, 2.24) is 15.3 Å². The molecule has 26 heavy (non-hydrogen) atoms. The summed E-state index contributed by atoms with van der Waals surface area (Å²) in [4.78, 5) is 12.4. The molecule has 3 heterocycles. The van der Waals surface area contributed by atoms with E-state index in [-0.39, 0.29) is 0 Å². The van der Waals surface area contributed by atoms with Gasteiger partial charge in [0.1, 0.15) is 17.4 Å². The Labute approximate surface area is 155 Å². The van der Waals surface area contributed by atoms with Gasteiger partial charge in [-0.05, 0) is 56.8 Å². The van der Waals surface area contributed by atoms with Crippen LogP contribution in [0.25, 0.3) is 0 Å². The maximum atomic E-state index is 5.27. The molecule has 0 bridgehead atoms. The number of aromatic nitrogens is 2. The summed E-state index contributed by atoms with van der Waals surface area (Å²) in [5.41, 5.74) is 3.78.